The number of hydrogen-bond acceptors (Lipinski definition) is 23. The van der Waals surface area contributed by atoms with Crippen molar-refractivity contribution in [1.29, 1.82) is 0 Å². The average Bonchev–Trinajstić information content (AvgIpc) is 3.49. The molecule has 2 atom stereocenters. The van der Waals surface area contributed by atoms with Crippen LogP contribution < -0.4 is 0 Å². The van der Waals surface area contributed by atoms with E-state index in [2.05, 4.69) is 72.4 Å². The molecule has 448 valence electrons. The molecular formula is C58H78O23. The second-order valence-corrected chi connectivity index (χ2v) is 18.0. The van der Waals surface area contributed by atoms with E-state index in [4.69, 9.17) is 66.3 Å². The van der Waals surface area contributed by atoms with Gasteiger partial charge < -0.3 is 66.3 Å². The number of ketones is 3. The van der Waals surface area contributed by atoms with Crippen molar-refractivity contribution in [3.05, 3.63) is 139 Å². The first kappa shape index (κ1) is 73.5. The molecule has 0 saturated heterocycles. The van der Waals surface area contributed by atoms with E-state index in [-0.39, 0.29) is 130 Å². The van der Waals surface area contributed by atoms with Crippen molar-refractivity contribution < 1.29 is 109 Å². The van der Waals surface area contributed by atoms with Gasteiger partial charge in [0.05, 0.1) is 101 Å². The fourth-order valence-electron chi connectivity index (χ4n) is 6.32. The minimum atomic E-state index is -1.43. The van der Waals surface area contributed by atoms with Crippen LogP contribution in [-0.4, -0.2) is 192 Å². The van der Waals surface area contributed by atoms with Crippen LogP contribution in [0.5, 0.6) is 0 Å². The molecule has 0 N–H and O–H groups in total. The summed E-state index contributed by atoms with van der Waals surface area (Å²) < 4.78 is 79.8. The Morgan fingerprint density at radius 1 is 0.272 bits per heavy atom. The summed E-state index contributed by atoms with van der Waals surface area (Å²) in [6.07, 6.45) is 10.1. The lowest BCUT2D eigenvalue weighted by Crippen LogP contribution is -2.46. The molecule has 2 unspecified atom stereocenters. The fourth-order valence-corrected chi connectivity index (χ4v) is 6.32. The summed E-state index contributed by atoms with van der Waals surface area (Å²) in [5.41, 5.74) is -5.43. The zero-order valence-electron chi connectivity index (χ0n) is 46.2. The van der Waals surface area contributed by atoms with E-state index in [1.54, 1.807) is 0 Å². The Kier molecular flexibility index (Phi) is 38.5. The fraction of sp³-hybridized carbons (Fsp3) is 0.466. The molecule has 0 fully saturated rings. The molecule has 0 heterocycles. The highest BCUT2D eigenvalue weighted by molar-refractivity contribution is 5.90. The number of rotatable bonds is 54. The van der Waals surface area contributed by atoms with Gasteiger partial charge in [0.1, 0.15) is 65.2 Å². The standard InChI is InChI=1S/C58H78O23/c1-12-45(11)75-39-56(40-77-50(63)17-6,35-74-37-58(43-80-53(66)20-9,44-81-54(67)21-10)34-72-29-48(61)15-4)32-69-26-24-68-25-27-70-33-57(41-78-51(64)18-7,42-79-52(65)19-8)36-73-31-55(23-22-46(59)13-2,38-76-49(62)16-5)30-71-28-47(60)14-3/h12-21H,1-11,22-44H2. The Labute approximate surface area is 473 Å². The third-order valence-electron chi connectivity index (χ3n) is 11.0. The molecule has 0 spiro atoms. The van der Waals surface area contributed by atoms with Crippen LogP contribution >= 0.6 is 0 Å². The minimum absolute atomic E-state index is 0.0217. The molecule has 0 aliphatic carbocycles. The van der Waals surface area contributed by atoms with Gasteiger partial charge in [-0.05, 0) is 30.7 Å². The first-order valence-electron chi connectivity index (χ1n) is 24.9. The second-order valence-electron chi connectivity index (χ2n) is 18.0. The van der Waals surface area contributed by atoms with Gasteiger partial charge in [-0.2, -0.15) is 0 Å². The van der Waals surface area contributed by atoms with Crippen molar-refractivity contribution in [2.75, 3.05) is 139 Å². The zero-order chi connectivity index (χ0) is 61.0. The quantitative estimate of drug-likeness (QED) is 0.0206. The van der Waals surface area contributed by atoms with E-state index in [0.717, 1.165) is 54.7 Å². The average molecular weight is 1140 g/mol. The highest BCUT2D eigenvalue weighted by atomic mass is 16.6. The Morgan fingerprint density at radius 3 is 0.840 bits per heavy atom. The molecule has 23 heteroatoms. The van der Waals surface area contributed by atoms with Gasteiger partial charge in [0.15, 0.2) is 17.3 Å². The molecule has 0 rings (SSSR count). The van der Waals surface area contributed by atoms with Crippen LogP contribution in [0.3, 0.4) is 0 Å². The number of hydrogen-bond donors (Lipinski definition) is 0. The summed E-state index contributed by atoms with van der Waals surface area (Å²) in [7, 11) is 0. The van der Waals surface area contributed by atoms with Crippen LogP contribution in [0.15, 0.2) is 139 Å². The SMILES string of the molecule is C=CC(=C)OCC(COCCOCCOCC(COCC(CCC(=O)C=C)(COCC(=O)C=C)COC(=O)C=C)(COC(=O)C=C)COC(=O)C=C)(COCC(COCC(=O)C=C)(COC(=O)C=C)COC(=O)C=C)COC(=O)C=C. The number of esters is 6. The van der Waals surface area contributed by atoms with Gasteiger partial charge in [-0.15, -0.1) is 0 Å². The smallest absolute Gasteiger partial charge is 0.330 e. The molecule has 0 radical (unpaired) electrons. The molecule has 0 aromatic carbocycles. The maximum Gasteiger partial charge on any atom is 0.330 e. The molecule has 0 aliphatic rings. The largest absolute Gasteiger partial charge is 0.493 e. The van der Waals surface area contributed by atoms with Crippen molar-refractivity contribution >= 4 is 53.2 Å². The topological polar surface area (TPSA) is 283 Å². The lowest BCUT2D eigenvalue weighted by Gasteiger charge is -2.36. The molecule has 0 aromatic heterocycles. The predicted octanol–water partition coefficient (Wildman–Crippen LogP) is 4.19. The van der Waals surface area contributed by atoms with Crippen molar-refractivity contribution in [1.82, 2.24) is 0 Å². The lowest BCUT2D eigenvalue weighted by molar-refractivity contribution is -0.165. The van der Waals surface area contributed by atoms with E-state index < -0.39 is 102 Å². The molecule has 0 amide bonds. The third kappa shape index (κ3) is 33.0. The first-order chi connectivity index (χ1) is 38.7. The van der Waals surface area contributed by atoms with Crippen LogP contribution in [0.25, 0.3) is 0 Å². The zero-order valence-corrected chi connectivity index (χ0v) is 46.2. The molecule has 23 nitrogen and oxygen atoms in total. The van der Waals surface area contributed by atoms with Crippen molar-refractivity contribution in [3.63, 3.8) is 0 Å². The normalized spacial score (nSPS) is 12.4. The summed E-state index contributed by atoms with van der Waals surface area (Å²) in [4.78, 5) is 111. The van der Waals surface area contributed by atoms with E-state index in [9.17, 15) is 43.2 Å². The summed E-state index contributed by atoms with van der Waals surface area (Å²) >= 11 is 0. The van der Waals surface area contributed by atoms with Crippen LogP contribution in [0, 0.1) is 21.7 Å². The number of ether oxygens (including phenoxy) is 14. The van der Waals surface area contributed by atoms with E-state index in [1.807, 2.05) is 0 Å². The van der Waals surface area contributed by atoms with Gasteiger partial charge in [0, 0.05) is 42.9 Å². The minimum Gasteiger partial charge on any atom is -0.493 e. The van der Waals surface area contributed by atoms with Crippen LogP contribution in [-0.2, 0) is 109 Å². The van der Waals surface area contributed by atoms with Crippen molar-refractivity contribution in [2.45, 2.75) is 12.8 Å². The number of carbonyl (C=O) groups is 9. The Hall–Kier alpha value is -7.51. The van der Waals surface area contributed by atoms with Gasteiger partial charge in [-0.1, -0.05) is 72.4 Å². The molecule has 0 saturated carbocycles. The second kappa shape index (κ2) is 42.4. The Bertz CT molecular complexity index is 1940. The summed E-state index contributed by atoms with van der Waals surface area (Å²) in [6, 6.07) is 0. The maximum atomic E-state index is 12.4. The molecule has 81 heavy (non-hydrogen) atoms. The third-order valence-corrected chi connectivity index (χ3v) is 11.0. The van der Waals surface area contributed by atoms with Gasteiger partial charge in [0.25, 0.3) is 0 Å². The van der Waals surface area contributed by atoms with Gasteiger partial charge >= 0.3 is 35.8 Å². The van der Waals surface area contributed by atoms with Gasteiger partial charge in [-0.3, -0.25) is 14.4 Å². The van der Waals surface area contributed by atoms with Crippen LogP contribution in [0.4, 0.5) is 0 Å². The van der Waals surface area contributed by atoms with Crippen molar-refractivity contribution in [3.8, 4) is 0 Å². The molecule has 0 aromatic rings. The summed E-state index contributed by atoms with van der Waals surface area (Å²) in [5.74, 6) is -5.99. The van der Waals surface area contributed by atoms with E-state index in [0.29, 0.717) is 0 Å². The predicted molar refractivity (Wildman–Crippen MR) is 293 cm³/mol. The highest BCUT2D eigenvalue weighted by Crippen LogP contribution is 2.30. The molecule has 0 bridgehead atoms. The number of carbonyl (C=O) groups excluding carboxylic acids is 9. The van der Waals surface area contributed by atoms with E-state index in [1.165, 1.54) is 6.08 Å². The molecular weight excluding hydrogens is 1060 g/mol. The van der Waals surface area contributed by atoms with E-state index >= 15 is 0 Å². The molecule has 0 aliphatic heterocycles. The first-order valence-corrected chi connectivity index (χ1v) is 24.9. The summed E-state index contributed by atoms with van der Waals surface area (Å²) in [6.45, 7) is 32.2. The number of allylic oxidation sites excluding steroid dienone is 2. The maximum absolute atomic E-state index is 12.4. The summed E-state index contributed by atoms with van der Waals surface area (Å²) in [5, 5.41) is 0. The van der Waals surface area contributed by atoms with Crippen LogP contribution in [0.2, 0.25) is 0 Å². The monoisotopic (exact) mass is 1140 g/mol. The lowest BCUT2D eigenvalue weighted by atomic mass is 9.84. The van der Waals surface area contributed by atoms with Crippen LogP contribution in [0.1, 0.15) is 12.8 Å². The van der Waals surface area contributed by atoms with Gasteiger partial charge in [-0.25, -0.2) is 28.8 Å². The Balaban J connectivity index is 6.59. The Morgan fingerprint density at radius 2 is 0.531 bits per heavy atom. The van der Waals surface area contributed by atoms with Crippen molar-refractivity contribution in [2.24, 2.45) is 21.7 Å². The highest BCUT2D eigenvalue weighted by Gasteiger charge is 2.41. The van der Waals surface area contributed by atoms with Gasteiger partial charge in [0.2, 0.25) is 0 Å².